The van der Waals surface area contributed by atoms with Gasteiger partial charge in [-0.1, -0.05) is 12.1 Å². The molecule has 2 atom stereocenters. The second-order valence-corrected chi connectivity index (χ2v) is 10.2. The van der Waals surface area contributed by atoms with Gasteiger partial charge in [0.1, 0.15) is 5.82 Å². The molecular weight excluding hydrogens is 433 g/mol. The van der Waals surface area contributed by atoms with Crippen LogP contribution in [0.2, 0.25) is 0 Å². The fourth-order valence-corrected chi connectivity index (χ4v) is 6.34. The molecule has 0 spiro atoms. The molecule has 1 aliphatic carbocycles. The summed E-state index contributed by atoms with van der Waals surface area (Å²) in [6.07, 6.45) is 4.65. The van der Waals surface area contributed by atoms with E-state index in [1.807, 2.05) is 18.2 Å². The molecule has 1 amide bonds. The second-order valence-electron chi connectivity index (χ2n) is 8.36. The number of amides is 1. The number of aryl methyl sites for hydroxylation is 1. The van der Waals surface area contributed by atoms with Crippen LogP contribution in [0.1, 0.15) is 16.1 Å². The zero-order valence-electron chi connectivity index (χ0n) is 17.3. The number of nitrogens with zero attached hydrogens (tertiary/aromatic N) is 4. The normalized spacial score (nSPS) is 24.8. The Hall–Kier alpha value is -3.11. The standard InChI is InChI=1S/C22H22FN5O3S/c1-27-12-20(26-14-27)32(30,31)28-10-17-18(11-28)22(17,19-7-2-3-8-24-19)13-25-21(29)15-5-4-6-16(23)9-15/h2-9,12,14,17-18H,10-11,13H2,1H3,(H,25,29). The SMILES string of the molecule is Cn1cnc(S(=O)(=O)N2CC3C(C2)C3(CNC(=O)c2cccc(F)c2)c2ccccn2)c1. The topological polar surface area (TPSA) is 97.2 Å². The third-order valence-electron chi connectivity index (χ3n) is 6.56. The predicted molar refractivity (Wildman–Crippen MR) is 114 cm³/mol. The summed E-state index contributed by atoms with van der Waals surface area (Å²) in [4.78, 5) is 21.1. The van der Waals surface area contributed by atoms with Crippen molar-refractivity contribution in [2.24, 2.45) is 18.9 Å². The molecule has 3 heterocycles. The Balaban J connectivity index is 1.36. The summed E-state index contributed by atoms with van der Waals surface area (Å²) in [6, 6.07) is 11.1. The second kappa shape index (κ2) is 7.49. The fourth-order valence-electron chi connectivity index (χ4n) is 4.88. The fraction of sp³-hybridized carbons (Fsp3) is 0.318. The molecule has 0 bridgehead atoms. The van der Waals surface area contributed by atoms with Crippen LogP contribution in [0.5, 0.6) is 0 Å². The lowest BCUT2D eigenvalue weighted by Gasteiger charge is -2.26. The van der Waals surface area contributed by atoms with E-state index in [4.69, 9.17) is 0 Å². The summed E-state index contributed by atoms with van der Waals surface area (Å²) in [5.74, 6) is -0.814. The van der Waals surface area contributed by atoms with E-state index in [-0.39, 0.29) is 28.3 Å². The number of aromatic nitrogens is 3. The Bertz CT molecular complexity index is 1270. The van der Waals surface area contributed by atoms with Crippen molar-refractivity contribution < 1.29 is 17.6 Å². The molecule has 2 unspecified atom stereocenters. The third kappa shape index (κ3) is 3.30. The number of fused-ring (bicyclic) bond motifs is 1. The zero-order chi connectivity index (χ0) is 22.5. The minimum Gasteiger partial charge on any atom is -0.351 e. The van der Waals surface area contributed by atoms with Crippen LogP contribution >= 0.6 is 0 Å². The molecule has 166 valence electrons. The predicted octanol–water partition coefficient (Wildman–Crippen LogP) is 1.57. The van der Waals surface area contributed by atoms with Gasteiger partial charge in [0.15, 0.2) is 5.03 Å². The number of carbonyl (C=O) groups is 1. The highest BCUT2D eigenvalue weighted by molar-refractivity contribution is 7.89. The molecule has 0 radical (unpaired) electrons. The van der Waals surface area contributed by atoms with Crippen molar-refractivity contribution in [3.63, 3.8) is 0 Å². The number of nitrogens with one attached hydrogen (secondary N) is 1. The molecule has 2 aromatic heterocycles. The molecule has 1 aliphatic heterocycles. The highest BCUT2D eigenvalue weighted by Gasteiger charge is 2.70. The van der Waals surface area contributed by atoms with Crippen LogP contribution in [0, 0.1) is 17.7 Å². The molecule has 2 fully saturated rings. The van der Waals surface area contributed by atoms with Crippen molar-refractivity contribution in [3.05, 3.63) is 78.3 Å². The van der Waals surface area contributed by atoms with Gasteiger partial charge in [0.25, 0.3) is 15.9 Å². The smallest absolute Gasteiger partial charge is 0.262 e. The number of carbonyl (C=O) groups excluding carboxylic acids is 1. The monoisotopic (exact) mass is 455 g/mol. The van der Waals surface area contributed by atoms with Crippen molar-refractivity contribution in [2.45, 2.75) is 10.4 Å². The average Bonchev–Trinajstić information content (AvgIpc) is 3.13. The van der Waals surface area contributed by atoms with Crippen LogP contribution in [-0.2, 0) is 22.5 Å². The lowest BCUT2D eigenvalue weighted by atomic mass is 9.94. The molecule has 8 nitrogen and oxygen atoms in total. The first kappa shape index (κ1) is 20.8. The highest BCUT2D eigenvalue weighted by Crippen LogP contribution is 2.63. The number of halogens is 1. The summed E-state index contributed by atoms with van der Waals surface area (Å²) >= 11 is 0. The van der Waals surface area contributed by atoms with Crippen LogP contribution in [0.4, 0.5) is 4.39 Å². The Morgan fingerprint density at radius 3 is 2.59 bits per heavy atom. The van der Waals surface area contributed by atoms with Gasteiger partial charge in [-0.3, -0.25) is 9.78 Å². The van der Waals surface area contributed by atoms with E-state index in [9.17, 15) is 17.6 Å². The van der Waals surface area contributed by atoms with Crippen LogP contribution in [-0.4, -0.2) is 52.8 Å². The largest absolute Gasteiger partial charge is 0.351 e. The van der Waals surface area contributed by atoms with E-state index in [0.29, 0.717) is 19.6 Å². The van der Waals surface area contributed by atoms with Crippen LogP contribution < -0.4 is 5.32 Å². The van der Waals surface area contributed by atoms with Crippen LogP contribution in [0.3, 0.4) is 0 Å². The molecule has 32 heavy (non-hydrogen) atoms. The molecule has 2 aliphatic rings. The zero-order valence-corrected chi connectivity index (χ0v) is 18.2. The van der Waals surface area contributed by atoms with Gasteiger partial charge in [-0.15, -0.1) is 0 Å². The van der Waals surface area contributed by atoms with E-state index in [1.165, 1.54) is 35.0 Å². The number of piperidine rings is 1. The first-order valence-corrected chi connectivity index (χ1v) is 11.7. The van der Waals surface area contributed by atoms with E-state index < -0.39 is 21.3 Å². The molecule has 1 saturated carbocycles. The van der Waals surface area contributed by atoms with E-state index in [1.54, 1.807) is 23.9 Å². The number of benzene rings is 1. The summed E-state index contributed by atoms with van der Waals surface area (Å²) < 4.78 is 42.5. The highest BCUT2D eigenvalue weighted by atomic mass is 32.2. The maximum atomic E-state index is 13.5. The van der Waals surface area contributed by atoms with Crippen LogP contribution in [0.25, 0.3) is 0 Å². The number of hydrogen-bond acceptors (Lipinski definition) is 5. The number of hydrogen-bond donors (Lipinski definition) is 1. The number of sulfonamides is 1. The average molecular weight is 456 g/mol. The minimum absolute atomic E-state index is 0.0173. The Morgan fingerprint density at radius 1 is 1.19 bits per heavy atom. The van der Waals surface area contributed by atoms with Crippen molar-refractivity contribution in [1.29, 1.82) is 0 Å². The lowest BCUT2D eigenvalue weighted by molar-refractivity contribution is 0.0946. The molecule has 1 aromatic carbocycles. The summed E-state index contributed by atoms with van der Waals surface area (Å²) in [7, 11) is -1.96. The molecule has 5 rings (SSSR count). The first-order chi connectivity index (χ1) is 15.3. The first-order valence-electron chi connectivity index (χ1n) is 10.3. The van der Waals surface area contributed by atoms with Crippen molar-refractivity contribution in [2.75, 3.05) is 19.6 Å². The van der Waals surface area contributed by atoms with Gasteiger partial charge in [0.2, 0.25) is 0 Å². The summed E-state index contributed by atoms with van der Waals surface area (Å²) in [5.41, 5.74) is 0.608. The number of imidazole rings is 1. The lowest BCUT2D eigenvalue weighted by Crippen LogP contribution is -2.41. The maximum absolute atomic E-state index is 13.5. The summed E-state index contributed by atoms with van der Waals surface area (Å²) in [6.45, 7) is 0.956. The van der Waals surface area contributed by atoms with Gasteiger partial charge in [0.05, 0.1) is 6.33 Å². The molecule has 3 aromatic rings. The van der Waals surface area contributed by atoms with E-state index in [0.717, 1.165) is 5.69 Å². The Labute approximate surface area is 185 Å². The van der Waals surface area contributed by atoms with Crippen molar-refractivity contribution in [1.82, 2.24) is 24.2 Å². The molecule has 1 saturated heterocycles. The summed E-state index contributed by atoms with van der Waals surface area (Å²) in [5, 5.41) is 2.95. The van der Waals surface area contributed by atoms with Crippen molar-refractivity contribution >= 4 is 15.9 Å². The van der Waals surface area contributed by atoms with Gasteiger partial charge in [-0.2, -0.15) is 4.31 Å². The van der Waals surface area contributed by atoms with Gasteiger partial charge in [0, 0.05) is 55.7 Å². The van der Waals surface area contributed by atoms with E-state index >= 15 is 0 Å². The maximum Gasteiger partial charge on any atom is 0.262 e. The van der Waals surface area contributed by atoms with Gasteiger partial charge >= 0.3 is 0 Å². The molecule has 1 N–H and O–H groups in total. The van der Waals surface area contributed by atoms with Gasteiger partial charge in [-0.05, 0) is 42.2 Å². The van der Waals surface area contributed by atoms with Gasteiger partial charge < -0.3 is 9.88 Å². The van der Waals surface area contributed by atoms with Crippen LogP contribution in [0.15, 0.2) is 66.2 Å². The van der Waals surface area contributed by atoms with Gasteiger partial charge in [-0.25, -0.2) is 17.8 Å². The number of rotatable bonds is 6. The van der Waals surface area contributed by atoms with Crippen molar-refractivity contribution in [3.8, 4) is 0 Å². The minimum atomic E-state index is -3.68. The Kier molecular flexibility index (Phi) is 4.86. The quantitative estimate of drug-likeness (QED) is 0.609. The Morgan fingerprint density at radius 2 is 1.97 bits per heavy atom. The van der Waals surface area contributed by atoms with E-state index in [2.05, 4.69) is 15.3 Å². The molecule has 10 heteroatoms. The molecular formula is C22H22FN5O3S. The third-order valence-corrected chi connectivity index (χ3v) is 8.27. The number of pyridine rings is 1.